The summed E-state index contributed by atoms with van der Waals surface area (Å²) in [5, 5.41) is 19.5. The zero-order chi connectivity index (χ0) is 17.5. The molecule has 0 bridgehead atoms. The lowest BCUT2D eigenvalue weighted by molar-refractivity contribution is 0.0643. The molecular weight excluding hydrogens is 318 g/mol. The normalized spacial score (nSPS) is 25.8. The SMILES string of the molecule is CCC(C)(CO)NC(=O)c1cnn2c1N[C@@H](C1CC1)C[C@H]2C(F)F. The van der Waals surface area contributed by atoms with Crippen molar-refractivity contribution < 1.29 is 18.7 Å². The molecule has 1 fully saturated rings. The summed E-state index contributed by atoms with van der Waals surface area (Å²) in [7, 11) is 0. The molecule has 0 radical (unpaired) electrons. The van der Waals surface area contributed by atoms with E-state index in [9.17, 15) is 18.7 Å². The number of halogens is 2. The van der Waals surface area contributed by atoms with E-state index in [-0.39, 0.29) is 18.2 Å². The monoisotopic (exact) mass is 342 g/mol. The van der Waals surface area contributed by atoms with Gasteiger partial charge in [-0.3, -0.25) is 4.79 Å². The molecule has 0 spiro atoms. The number of aliphatic hydroxyl groups excluding tert-OH is 1. The van der Waals surface area contributed by atoms with Gasteiger partial charge < -0.3 is 15.7 Å². The third-order valence-electron chi connectivity index (χ3n) is 5.20. The second-order valence-corrected chi connectivity index (χ2v) is 7.10. The first-order valence-electron chi connectivity index (χ1n) is 8.44. The fourth-order valence-electron chi connectivity index (χ4n) is 3.12. The molecular formula is C16H24F2N4O2. The van der Waals surface area contributed by atoms with Gasteiger partial charge in [-0.05, 0) is 38.5 Å². The van der Waals surface area contributed by atoms with Crippen molar-refractivity contribution in [3.63, 3.8) is 0 Å². The van der Waals surface area contributed by atoms with Gasteiger partial charge in [-0.2, -0.15) is 5.10 Å². The van der Waals surface area contributed by atoms with Crippen molar-refractivity contribution >= 4 is 11.7 Å². The Morgan fingerprint density at radius 2 is 2.29 bits per heavy atom. The van der Waals surface area contributed by atoms with E-state index in [1.54, 1.807) is 6.92 Å². The molecule has 1 saturated carbocycles. The van der Waals surface area contributed by atoms with Gasteiger partial charge in [0.25, 0.3) is 12.3 Å². The van der Waals surface area contributed by atoms with Crippen LogP contribution in [0.25, 0.3) is 0 Å². The van der Waals surface area contributed by atoms with Crippen LogP contribution < -0.4 is 10.6 Å². The van der Waals surface area contributed by atoms with E-state index in [0.29, 0.717) is 24.6 Å². The van der Waals surface area contributed by atoms with Gasteiger partial charge >= 0.3 is 0 Å². The highest BCUT2D eigenvalue weighted by Gasteiger charge is 2.42. The van der Waals surface area contributed by atoms with Crippen molar-refractivity contribution in [1.29, 1.82) is 0 Å². The molecule has 134 valence electrons. The molecule has 3 rings (SSSR count). The number of anilines is 1. The van der Waals surface area contributed by atoms with Gasteiger partial charge in [-0.1, -0.05) is 6.92 Å². The number of carbonyl (C=O) groups is 1. The zero-order valence-corrected chi connectivity index (χ0v) is 13.9. The highest BCUT2D eigenvalue weighted by molar-refractivity contribution is 5.99. The first-order chi connectivity index (χ1) is 11.4. The maximum Gasteiger partial charge on any atom is 0.260 e. The van der Waals surface area contributed by atoms with Gasteiger partial charge in [0.2, 0.25) is 0 Å². The Balaban J connectivity index is 1.87. The standard InChI is InChI=1S/C16H24F2N4O2/c1-3-16(2,8-23)21-15(24)10-7-19-22-12(13(17)18)6-11(9-4-5-9)20-14(10)22/h7,9,11-13,20,23H,3-6,8H2,1-2H3,(H,21,24)/t11-,12+,16?/m1/s1. The molecule has 1 aliphatic heterocycles. The van der Waals surface area contributed by atoms with Crippen LogP contribution in [-0.2, 0) is 0 Å². The van der Waals surface area contributed by atoms with Gasteiger partial charge in [-0.25, -0.2) is 13.5 Å². The van der Waals surface area contributed by atoms with Crippen LogP contribution in [0.3, 0.4) is 0 Å². The summed E-state index contributed by atoms with van der Waals surface area (Å²) >= 11 is 0. The van der Waals surface area contributed by atoms with E-state index in [2.05, 4.69) is 15.7 Å². The molecule has 1 amide bonds. The summed E-state index contributed by atoms with van der Waals surface area (Å²) < 4.78 is 28.1. The van der Waals surface area contributed by atoms with Gasteiger partial charge in [0, 0.05) is 6.04 Å². The molecule has 3 atom stereocenters. The van der Waals surface area contributed by atoms with Crippen LogP contribution in [-0.4, -0.2) is 45.4 Å². The lowest BCUT2D eigenvalue weighted by Gasteiger charge is -2.33. The Hall–Kier alpha value is -1.70. The third kappa shape index (κ3) is 3.11. The average Bonchev–Trinajstić information content (AvgIpc) is 3.32. The fraction of sp³-hybridized carbons (Fsp3) is 0.750. The molecule has 1 unspecified atom stereocenters. The van der Waals surface area contributed by atoms with E-state index in [1.807, 2.05) is 6.92 Å². The number of carbonyl (C=O) groups excluding carboxylic acids is 1. The fourth-order valence-corrected chi connectivity index (χ4v) is 3.12. The summed E-state index contributed by atoms with van der Waals surface area (Å²) in [5.41, 5.74) is -0.502. The Morgan fingerprint density at radius 3 is 2.83 bits per heavy atom. The van der Waals surface area contributed by atoms with E-state index < -0.39 is 23.9 Å². The number of aliphatic hydroxyl groups is 1. The first-order valence-corrected chi connectivity index (χ1v) is 8.44. The number of alkyl halides is 2. The first kappa shape index (κ1) is 17.1. The van der Waals surface area contributed by atoms with Crippen LogP contribution in [0, 0.1) is 5.92 Å². The van der Waals surface area contributed by atoms with Crippen LogP contribution in [0.1, 0.15) is 55.9 Å². The van der Waals surface area contributed by atoms with Gasteiger partial charge in [0.05, 0.1) is 18.3 Å². The molecule has 8 heteroatoms. The second kappa shape index (κ2) is 6.31. The quantitative estimate of drug-likeness (QED) is 0.740. The Kier molecular flexibility index (Phi) is 4.50. The molecule has 1 aliphatic carbocycles. The van der Waals surface area contributed by atoms with Crippen molar-refractivity contribution in [2.24, 2.45) is 5.92 Å². The van der Waals surface area contributed by atoms with Crippen molar-refractivity contribution in [2.45, 2.75) is 63.6 Å². The predicted molar refractivity (Wildman–Crippen MR) is 85.3 cm³/mol. The van der Waals surface area contributed by atoms with Gasteiger partial charge in [-0.15, -0.1) is 0 Å². The van der Waals surface area contributed by atoms with E-state index >= 15 is 0 Å². The van der Waals surface area contributed by atoms with Crippen LogP contribution >= 0.6 is 0 Å². The van der Waals surface area contributed by atoms with Crippen molar-refractivity contribution in [1.82, 2.24) is 15.1 Å². The van der Waals surface area contributed by atoms with E-state index in [4.69, 9.17) is 0 Å². The van der Waals surface area contributed by atoms with E-state index in [1.165, 1.54) is 10.9 Å². The summed E-state index contributed by atoms with van der Waals surface area (Å²) in [6.45, 7) is 3.40. The largest absolute Gasteiger partial charge is 0.394 e. The predicted octanol–water partition coefficient (Wildman–Crippen LogP) is 2.17. The number of nitrogens with one attached hydrogen (secondary N) is 2. The van der Waals surface area contributed by atoms with Crippen molar-refractivity contribution in [2.75, 3.05) is 11.9 Å². The molecule has 6 nitrogen and oxygen atoms in total. The lowest BCUT2D eigenvalue weighted by Crippen LogP contribution is -2.48. The number of fused-ring (bicyclic) bond motifs is 1. The summed E-state index contributed by atoms with van der Waals surface area (Å²) in [6, 6.07) is -1.06. The molecule has 3 N–H and O–H groups in total. The topological polar surface area (TPSA) is 79.2 Å². The van der Waals surface area contributed by atoms with Gasteiger partial charge in [0.15, 0.2) is 0 Å². The van der Waals surface area contributed by atoms with Crippen molar-refractivity contribution in [3.8, 4) is 0 Å². The minimum atomic E-state index is -2.53. The molecule has 0 aromatic carbocycles. The second-order valence-electron chi connectivity index (χ2n) is 7.10. The number of nitrogens with zero attached hydrogens (tertiary/aromatic N) is 2. The average molecular weight is 342 g/mol. The number of amides is 1. The lowest BCUT2D eigenvalue weighted by atomic mass is 9.98. The number of hydrogen-bond acceptors (Lipinski definition) is 4. The minimum absolute atomic E-state index is 0.0462. The maximum absolute atomic E-state index is 13.4. The molecule has 2 aliphatic rings. The Bertz CT molecular complexity index is 611. The van der Waals surface area contributed by atoms with Crippen LogP contribution in [0.5, 0.6) is 0 Å². The highest BCUT2D eigenvalue weighted by atomic mass is 19.3. The molecule has 2 heterocycles. The van der Waals surface area contributed by atoms with Crippen LogP contribution in [0.4, 0.5) is 14.6 Å². The van der Waals surface area contributed by atoms with Gasteiger partial charge in [0.1, 0.15) is 17.4 Å². The molecule has 1 aromatic heterocycles. The zero-order valence-electron chi connectivity index (χ0n) is 13.9. The van der Waals surface area contributed by atoms with E-state index in [0.717, 1.165) is 12.8 Å². The van der Waals surface area contributed by atoms with Crippen LogP contribution in [0.2, 0.25) is 0 Å². The molecule has 24 heavy (non-hydrogen) atoms. The number of rotatable bonds is 6. The summed E-state index contributed by atoms with van der Waals surface area (Å²) in [5.74, 6) is 0.341. The third-order valence-corrected chi connectivity index (χ3v) is 5.20. The Labute approximate surface area is 139 Å². The Morgan fingerprint density at radius 1 is 1.58 bits per heavy atom. The molecule has 0 saturated heterocycles. The minimum Gasteiger partial charge on any atom is -0.394 e. The summed E-state index contributed by atoms with van der Waals surface area (Å²) in [4.78, 5) is 12.6. The maximum atomic E-state index is 13.4. The van der Waals surface area contributed by atoms with Crippen LogP contribution in [0.15, 0.2) is 6.20 Å². The number of hydrogen-bond donors (Lipinski definition) is 3. The number of aromatic nitrogens is 2. The highest BCUT2D eigenvalue weighted by Crippen LogP contribution is 2.42. The summed E-state index contributed by atoms with van der Waals surface area (Å²) in [6.07, 6.45) is 1.73. The smallest absolute Gasteiger partial charge is 0.260 e. The molecule has 1 aromatic rings. The van der Waals surface area contributed by atoms with Crippen molar-refractivity contribution in [3.05, 3.63) is 11.8 Å².